The third-order valence-corrected chi connectivity index (χ3v) is 2.19. The predicted molar refractivity (Wildman–Crippen MR) is 60.2 cm³/mol. The van der Waals surface area contributed by atoms with Gasteiger partial charge in [0.05, 0.1) is 0 Å². The Morgan fingerprint density at radius 3 is 2.00 bits per heavy atom. The molecule has 0 bridgehead atoms. The molecule has 2 nitrogen and oxygen atoms in total. The van der Waals surface area contributed by atoms with Crippen molar-refractivity contribution in [2.75, 3.05) is 0 Å². The molecule has 1 heterocycles. The van der Waals surface area contributed by atoms with E-state index in [-0.39, 0.29) is 20.9 Å². The maximum Gasteiger partial charge on any atom is 0.218 e. The molecule has 78 valence electrons. The van der Waals surface area contributed by atoms with E-state index in [4.69, 9.17) is 23.2 Å². The summed E-state index contributed by atoms with van der Waals surface area (Å²) in [5.74, 6) is 0. The van der Waals surface area contributed by atoms with E-state index in [1.165, 1.54) is 0 Å². The van der Waals surface area contributed by atoms with Crippen molar-refractivity contribution < 1.29 is 0 Å². The fourth-order valence-electron chi connectivity index (χ4n) is 1.20. The quantitative estimate of drug-likeness (QED) is 0.731. The van der Waals surface area contributed by atoms with Crippen LogP contribution < -0.4 is 5.43 Å². The summed E-state index contributed by atoms with van der Waals surface area (Å²) in [5, 5.41) is 0.337. The van der Waals surface area contributed by atoms with Gasteiger partial charge in [0.2, 0.25) is 5.43 Å². The minimum atomic E-state index is -0.307. The average molecular weight is 234 g/mol. The van der Waals surface area contributed by atoms with Gasteiger partial charge in [-0.05, 0) is 5.41 Å². The van der Waals surface area contributed by atoms with E-state index in [0.29, 0.717) is 0 Å². The number of aromatic nitrogens is 1. The van der Waals surface area contributed by atoms with Gasteiger partial charge in [-0.15, -0.1) is 0 Å². The second kappa shape index (κ2) is 3.95. The molecule has 0 amide bonds. The van der Waals surface area contributed by atoms with Crippen LogP contribution in [0.25, 0.3) is 0 Å². The zero-order chi connectivity index (χ0) is 10.9. The van der Waals surface area contributed by atoms with Gasteiger partial charge in [-0.1, -0.05) is 44.0 Å². The van der Waals surface area contributed by atoms with Gasteiger partial charge >= 0.3 is 0 Å². The first-order valence-electron chi connectivity index (χ1n) is 4.35. The molecule has 4 heteroatoms. The van der Waals surface area contributed by atoms with E-state index in [1.807, 2.05) is 4.57 Å². The van der Waals surface area contributed by atoms with Gasteiger partial charge < -0.3 is 4.57 Å². The van der Waals surface area contributed by atoms with Gasteiger partial charge in [0.1, 0.15) is 10.0 Å². The lowest BCUT2D eigenvalue weighted by Crippen LogP contribution is -2.17. The summed E-state index contributed by atoms with van der Waals surface area (Å²) in [6.07, 6.45) is 3.22. The van der Waals surface area contributed by atoms with Crippen LogP contribution in [0.5, 0.6) is 0 Å². The second-order valence-electron chi connectivity index (χ2n) is 4.52. The first-order valence-corrected chi connectivity index (χ1v) is 5.10. The maximum atomic E-state index is 11.2. The van der Waals surface area contributed by atoms with Gasteiger partial charge in [0.25, 0.3) is 0 Å². The standard InChI is InChI=1S/C10H13Cl2NO/c1-10(2,3)6-13-4-7(11)9(14)8(12)5-13/h4-5H,6H2,1-3H3. The van der Waals surface area contributed by atoms with Gasteiger partial charge in [-0.25, -0.2) is 0 Å². The number of nitrogens with zero attached hydrogens (tertiary/aromatic N) is 1. The summed E-state index contributed by atoms with van der Waals surface area (Å²) in [6.45, 7) is 7.08. The first-order chi connectivity index (χ1) is 6.29. The Balaban J connectivity index is 3.08. The third kappa shape index (κ3) is 3.03. The van der Waals surface area contributed by atoms with Crippen molar-refractivity contribution in [1.29, 1.82) is 0 Å². The van der Waals surface area contributed by atoms with Crippen molar-refractivity contribution in [2.45, 2.75) is 27.3 Å². The number of hydrogen-bond donors (Lipinski definition) is 0. The van der Waals surface area contributed by atoms with Gasteiger partial charge in [0, 0.05) is 18.9 Å². The van der Waals surface area contributed by atoms with Crippen molar-refractivity contribution in [2.24, 2.45) is 5.41 Å². The molecule has 0 atom stereocenters. The maximum absolute atomic E-state index is 11.2. The lowest BCUT2D eigenvalue weighted by molar-refractivity contribution is 0.342. The molecular weight excluding hydrogens is 221 g/mol. The molecule has 0 aromatic carbocycles. The number of pyridine rings is 1. The monoisotopic (exact) mass is 233 g/mol. The summed E-state index contributed by atoms with van der Waals surface area (Å²) < 4.78 is 1.84. The lowest BCUT2D eigenvalue weighted by Gasteiger charge is -2.20. The van der Waals surface area contributed by atoms with E-state index in [2.05, 4.69) is 20.8 Å². The van der Waals surface area contributed by atoms with Crippen LogP contribution in [0.4, 0.5) is 0 Å². The summed E-state index contributed by atoms with van der Waals surface area (Å²) in [4.78, 5) is 11.2. The molecule has 0 aliphatic carbocycles. The molecular formula is C10H13Cl2NO. The minimum absolute atomic E-state index is 0.127. The van der Waals surface area contributed by atoms with Crippen LogP contribution in [-0.2, 0) is 6.54 Å². The number of hydrogen-bond acceptors (Lipinski definition) is 1. The highest BCUT2D eigenvalue weighted by Crippen LogP contribution is 2.18. The largest absolute Gasteiger partial charge is 0.350 e. The van der Waals surface area contributed by atoms with Crippen molar-refractivity contribution >= 4 is 23.2 Å². The topological polar surface area (TPSA) is 22.0 Å². The average Bonchev–Trinajstić information content (AvgIpc) is 1.96. The van der Waals surface area contributed by atoms with Crippen molar-refractivity contribution in [3.05, 3.63) is 32.7 Å². The van der Waals surface area contributed by atoms with Crippen LogP contribution >= 0.6 is 23.2 Å². The van der Waals surface area contributed by atoms with Gasteiger partial charge in [0.15, 0.2) is 0 Å². The van der Waals surface area contributed by atoms with Crippen molar-refractivity contribution in [3.8, 4) is 0 Å². The zero-order valence-corrected chi connectivity index (χ0v) is 9.99. The molecule has 0 unspecified atom stereocenters. The van der Waals surface area contributed by atoms with Crippen molar-refractivity contribution in [1.82, 2.24) is 4.57 Å². The van der Waals surface area contributed by atoms with Crippen molar-refractivity contribution in [3.63, 3.8) is 0 Å². The molecule has 0 spiro atoms. The summed E-state index contributed by atoms with van der Waals surface area (Å²) in [7, 11) is 0. The molecule has 0 fully saturated rings. The van der Waals surface area contributed by atoms with Crippen LogP contribution in [-0.4, -0.2) is 4.57 Å². The van der Waals surface area contributed by atoms with Crippen LogP contribution in [0.15, 0.2) is 17.2 Å². The van der Waals surface area contributed by atoms with E-state index in [9.17, 15) is 4.79 Å². The Labute approximate surface area is 93.5 Å². The van der Waals surface area contributed by atoms with E-state index < -0.39 is 0 Å². The van der Waals surface area contributed by atoms with Crippen LogP contribution in [0.1, 0.15) is 20.8 Å². The van der Waals surface area contributed by atoms with E-state index in [0.717, 1.165) is 6.54 Å². The van der Waals surface area contributed by atoms with Crippen LogP contribution in [0, 0.1) is 5.41 Å². The Hall–Kier alpha value is -0.470. The molecule has 1 aromatic heterocycles. The van der Waals surface area contributed by atoms with Gasteiger partial charge in [-0.2, -0.15) is 0 Å². The molecule has 0 N–H and O–H groups in total. The number of rotatable bonds is 1. The summed E-state index contributed by atoms with van der Waals surface area (Å²) in [5.41, 5.74) is -0.180. The SMILES string of the molecule is CC(C)(C)Cn1cc(Cl)c(=O)c(Cl)c1. The lowest BCUT2D eigenvalue weighted by atomic mass is 9.97. The van der Waals surface area contributed by atoms with Crippen LogP contribution in [0.2, 0.25) is 10.0 Å². The third-order valence-electron chi connectivity index (χ3n) is 1.65. The fraction of sp³-hybridized carbons (Fsp3) is 0.500. The van der Waals surface area contributed by atoms with Crippen LogP contribution in [0.3, 0.4) is 0 Å². The Morgan fingerprint density at radius 1 is 1.21 bits per heavy atom. The highest BCUT2D eigenvalue weighted by molar-refractivity contribution is 6.34. The van der Waals surface area contributed by atoms with Gasteiger partial charge in [-0.3, -0.25) is 4.79 Å². The first kappa shape index (κ1) is 11.6. The molecule has 1 aromatic rings. The Kier molecular flexibility index (Phi) is 3.28. The normalized spacial score (nSPS) is 11.8. The highest BCUT2D eigenvalue weighted by atomic mass is 35.5. The Bertz CT molecular complexity index is 364. The molecule has 0 aliphatic heterocycles. The summed E-state index contributed by atoms with van der Waals surface area (Å²) in [6, 6.07) is 0. The fourth-order valence-corrected chi connectivity index (χ4v) is 1.70. The molecule has 1 rings (SSSR count). The predicted octanol–water partition coefficient (Wildman–Crippen LogP) is 3.20. The highest BCUT2D eigenvalue weighted by Gasteiger charge is 2.12. The molecule has 0 saturated heterocycles. The van der Waals surface area contributed by atoms with E-state index in [1.54, 1.807) is 12.4 Å². The summed E-state index contributed by atoms with van der Waals surface area (Å²) >= 11 is 11.5. The molecule has 0 saturated carbocycles. The Morgan fingerprint density at radius 2 is 1.64 bits per heavy atom. The smallest absolute Gasteiger partial charge is 0.218 e. The minimum Gasteiger partial charge on any atom is -0.350 e. The molecule has 14 heavy (non-hydrogen) atoms. The second-order valence-corrected chi connectivity index (χ2v) is 5.33. The van der Waals surface area contributed by atoms with E-state index >= 15 is 0 Å². The zero-order valence-electron chi connectivity index (χ0n) is 8.47. The molecule has 0 aliphatic rings. The number of halogens is 2. The molecule has 0 radical (unpaired) electrons.